The molecule has 4 heteroatoms. The summed E-state index contributed by atoms with van der Waals surface area (Å²) in [6, 6.07) is 1.17. The van der Waals surface area contributed by atoms with Crippen molar-refractivity contribution in [1.29, 1.82) is 0 Å². The molecule has 2 fully saturated rings. The smallest absolute Gasteiger partial charge is 0.322 e. The lowest BCUT2D eigenvalue weighted by Crippen LogP contribution is -2.34. The zero-order valence-electron chi connectivity index (χ0n) is 10.5. The summed E-state index contributed by atoms with van der Waals surface area (Å²) in [5.41, 5.74) is 0. The molecule has 1 aliphatic carbocycles. The minimum Gasteiger partial charge on any atom is -0.391 e. The molecule has 2 aliphatic rings. The molecule has 1 saturated heterocycles. The fraction of sp³-hybridized carbons (Fsp3) is 1.00. The second kappa shape index (κ2) is 6.14. The van der Waals surface area contributed by atoms with Gasteiger partial charge in [0.25, 0.3) is 0 Å². The first-order valence-corrected chi connectivity index (χ1v) is 8.44. The van der Waals surface area contributed by atoms with Crippen LogP contribution in [0.4, 0.5) is 0 Å². The molecule has 16 heavy (non-hydrogen) atoms. The Hall–Kier alpha value is 0.0969. The fourth-order valence-electron chi connectivity index (χ4n) is 2.74. The Balaban J connectivity index is 1.90. The van der Waals surface area contributed by atoms with Crippen LogP contribution in [0.25, 0.3) is 0 Å². The van der Waals surface area contributed by atoms with Gasteiger partial charge in [-0.1, -0.05) is 32.6 Å². The largest absolute Gasteiger partial charge is 0.391 e. The number of hydrogen-bond acceptors (Lipinski definition) is 3. The molecule has 0 aromatic carbocycles. The highest BCUT2D eigenvalue weighted by Crippen LogP contribution is 2.32. The number of hydrogen-bond donors (Lipinski definition) is 0. The van der Waals surface area contributed by atoms with E-state index in [0.29, 0.717) is 6.10 Å². The molecule has 0 bridgehead atoms. The van der Waals surface area contributed by atoms with E-state index in [1.54, 1.807) is 7.11 Å². The number of fused-ring (bicyclic) bond motifs is 1. The minimum atomic E-state index is -1.36. The van der Waals surface area contributed by atoms with Crippen LogP contribution in [0, 0.1) is 0 Å². The average Bonchev–Trinajstić information content (AvgIpc) is 2.61. The Labute approximate surface area is 100 Å². The summed E-state index contributed by atoms with van der Waals surface area (Å²) >= 11 is 0. The van der Waals surface area contributed by atoms with Crippen LogP contribution in [0.2, 0.25) is 6.04 Å². The van der Waals surface area contributed by atoms with Gasteiger partial charge in [0.15, 0.2) is 0 Å². The van der Waals surface area contributed by atoms with E-state index in [1.165, 1.54) is 38.1 Å². The second-order valence-electron chi connectivity index (χ2n) is 4.91. The van der Waals surface area contributed by atoms with Crippen LogP contribution in [-0.2, 0) is 13.6 Å². The van der Waals surface area contributed by atoms with Gasteiger partial charge in [-0.25, -0.2) is 0 Å². The maximum Gasteiger partial charge on any atom is 0.322 e. The number of rotatable bonds is 4. The molecule has 94 valence electrons. The van der Waals surface area contributed by atoms with Crippen LogP contribution < -0.4 is 0 Å². The van der Waals surface area contributed by atoms with Crippen molar-refractivity contribution in [3.05, 3.63) is 0 Å². The monoisotopic (exact) mass is 244 g/mol. The van der Waals surface area contributed by atoms with E-state index in [4.69, 9.17) is 13.6 Å². The van der Waals surface area contributed by atoms with E-state index in [1.807, 2.05) is 0 Å². The molecule has 1 saturated carbocycles. The molecule has 3 nitrogen and oxygen atoms in total. The van der Waals surface area contributed by atoms with Crippen molar-refractivity contribution in [1.82, 2.24) is 0 Å². The highest BCUT2D eigenvalue weighted by molar-refractivity contribution is 6.45. The predicted molar refractivity (Wildman–Crippen MR) is 65.9 cm³/mol. The lowest BCUT2D eigenvalue weighted by Gasteiger charge is -2.22. The van der Waals surface area contributed by atoms with Crippen LogP contribution >= 0.6 is 0 Å². The highest BCUT2D eigenvalue weighted by atomic mass is 28.3. The van der Waals surface area contributed by atoms with Crippen molar-refractivity contribution in [3.8, 4) is 0 Å². The summed E-state index contributed by atoms with van der Waals surface area (Å²) in [4.78, 5) is 0. The fourth-order valence-corrected chi connectivity index (χ4v) is 5.20. The van der Waals surface area contributed by atoms with Gasteiger partial charge in [0, 0.05) is 7.11 Å². The van der Waals surface area contributed by atoms with Gasteiger partial charge in [0.1, 0.15) is 0 Å². The molecule has 2 rings (SSSR count). The molecule has 0 aromatic heterocycles. The van der Waals surface area contributed by atoms with Crippen LogP contribution in [0.15, 0.2) is 0 Å². The maximum atomic E-state index is 6.14. The van der Waals surface area contributed by atoms with Crippen molar-refractivity contribution >= 4 is 9.28 Å². The molecule has 3 unspecified atom stereocenters. The topological polar surface area (TPSA) is 27.7 Å². The third-order valence-corrected chi connectivity index (χ3v) is 5.84. The third-order valence-electron chi connectivity index (χ3n) is 3.69. The van der Waals surface area contributed by atoms with Crippen LogP contribution in [0.3, 0.4) is 0 Å². The van der Waals surface area contributed by atoms with Crippen LogP contribution in [0.1, 0.15) is 45.4 Å². The van der Waals surface area contributed by atoms with Gasteiger partial charge in [-0.2, -0.15) is 0 Å². The highest BCUT2D eigenvalue weighted by Gasteiger charge is 2.42. The molecule has 0 amide bonds. The first-order valence-electron chi connectivity index (χ1n) is 6.69. The van der Waals surface area contributed by atoms with Crippen molar-refractivity contribution < 1.29 is 13.6 Å². The van der Waals surface area contributed by atoms with Gasteiger partial charge in [0.2, 0.25) is 0 Å². The van der Waals surface area contributed by atoms with Gasteiger partial charge in [0.05, 0.1) is 18.3 Å². The van der Waals surface area contributed by atoms with Crippen LogP contribution in [-0.4, -0.2) is 34.7 Å². The standard InChI is InChI=1S/C12H24O3Si/c1-3-4-9-16-14-11-8-6-5-7-10(13-2)12(11)15-16/h10-12,16H,3-9H2,1-2H3/t10-,11?,12?,16?/m1/s1. The Morgan fingerprint density at radius 1 is 1.25 bits per heavy atom. The van der Waals surface area contributed by atoms with E-state index in [9.17, 15) is 0 Å². The van der Waals surface area contributed by atoms with Crippen molar-refractivity contribution in [2.24, 2.45) is 0 Å². The third kappa shape index (κ3) is 2.86. The molecule has 1 heterocycles. The molecule has 0 radical (unpaired) electrons. The number of ether oxygens (including phenoxy) is 1. The summed E-state index contributed by atoms with van der Waals surface area (Å²) in [5, 5.41) is 0. The van der Waals surface area contributed by atoms with E-state index >= 15 is 0 Å². The average molecular weight is 244 g/mol. The molecule has 0 aromatic rings. The lowest BCUT2D eigenvalue weighted by atomic mass is 10.1. The Morgan fingerprint density at radius 3 is 2.81 bits per heavy atom. The van der Waals surface area contributed by atoms with Gasteiger partial charge < -0.3 is 13.6 Å². The first-order chi connectivity index (χ1) is 7.85. The van der Waals surface area contributed by atoms with Crippen molar-refractivity contribution in [2.75, 3.05) is 7.11 Å². The zero-order valence-corrected chi connectivity index (χ0v) is 11.6. The molecular formula is C12H24O3Si. The van der Waals surface area contributed by atoms with Crippen molar-refractivity contribution in [3.63, 3.8) is 0 Å². The van der Waals surface area contributed by atoms with E-state index in [2.05, 4.69) is 6.92 Å². The summed E-state index contributed by atoms with van der Waals surface area (Å²) in [6.07, 6.45) is 8.13. The van der Waals surface area contributed by atoms with E-state index in [0.717, 1.165) is 6.42 Å². The summed E-state index contributed by atoms with van der Waals surface area (Å²) in [6.45, 7) is 2.22. The Morgan fingerprint density at radius 2 is 2.06 bits per heavy atom. The van der Waals surface area contributed by atoms with Crippen LogP contribution in [0.5, 0.6) is 0 Å². The summed E-state index contributed by atoms with van der Waals surface area (Å²) in [5.74, 6) is 0. The second-order valence-corrected chi connectivity index (χ2v) is 6.89. The van der Waals surface area contributed by atoms with Crippen molar-refractivity contribution in [2.45, 2.75) is 69.8 Å². The molecule has 4 atom stereocenters. The normalized spacial score (nSPS) is 39.4. The summed E-state index contributed by atoms with van der Waals surface area (Å²) in [7, 11) is 0.441. The first kappa shape index (κ1) is 12.6. The van der Waals surface area contributed by atoms with E-state index in [-0.39, 0.29) is 12.2 Å². The summed E-state index contributed by atoms with van der Waals surface area (Å²) < 4.78 is 17.8. The number of methoxy groups -OCH3 is 1. The van der Waals surface area contributed by atoms with Gasteiger partial charge in [-0.15, -0.1) is 0 Å². The lowest BCUT2D eigenvalue weighted by molar-refractivity contribution is -0.00985. The van der Waals surface area contributed by atoms with Gasteiger partial charge in [-0.3, -0.25) is 0 Å². The van der Waals surface area contributed by atoms with E-state index < -0.39 is 9.28 Å². The number of unbranched alkanes of at least 4 members (excludes halogenated alkanes) is 1. The Bertz CT molecular complexity index is 212. The zero-order chi connectivity index (χ0) is 11.4. The predicted octanol–water partition coefficient (Wildman–Crippen LogP) is 2.38. The quantitative estimate of drug-likeness (QED) is 0.711. The maximum absolute atomic E-state index is 6.14. The molecule has 0 N–H and O–H groups in total. The molecule has 0 spiro atoms. The molecular weight excluding hydrogens is 220 g/mol. The van der Waals surface area contributed by atoms with Gasteiger partial charge >= 0.3 is 9.28 Å². The van der Waals surface area contributed by atoms with Gasteiger partial charge in [-0.05, 0) is 18.9 Å². The molecule has 1 aliphatic heterocycles. The SMILES string of the molecule is CCCC[SiH]1OC2CCCC[C@@H](OC)C2O1. The Kier molecular flexibility index (Phi) is 4.82. The minimum absolute atomic E-state index is 0.237.